The van der Waals surface area contributed by atoms with Gasteiger partial charge in [0.25, 0.3) is 9.05 Å². The summed E-state index contributed by atoms with van der Waals surface area (Å²) in [6, 6.07) is 4.50. The van der Waals surface area contributed by atoms with Crippen LogP contribution < -0.4 is 0 Å². The first kappa shape index (κ1) is 10.7. The van der Waals surface area contributed by atoms with E-state index < -0.39 is 9.05 Å². The molecule has 13 heavy (non-hydrogen) atoms. The fraction of sp³-hybridized carbons (Fsp3) is 0. The largest absolute Gasteiger partial charge is 0.278 e. The first-order valence-electron chi connectivity index (χ1n) is 2.96. The Morgan fingerprint density at radius 1 is 1.54 bits per heavy atom. The zero-order valence-electron chi connectivity index (χ0n) is 6.03. The molecule has 0 saturated heterocycles. The van der Waals surface area contributed by atoms with E-state index in [1.54, 1.807) is 6.07 Å². The zero-order chi connectivity index (χ0) is 10.1. The van der Waals surface area contributed by atoms with Crippen molar-refractivity contribution in [2.24, 2.45) is 0 Å². The summed E-state index contributed by atoms with van der Waals surface area (Å²) in [7, 11) is 1.20. The second kappa shape index (κ2) is 3.77. The molecular formula is C6H2ClIN2O2S. The lowest BCUT2D eigenvalue weighted by atomic mass is 10.4. The molecule has 0 amide bonds. The minimum atomic E-state index is -3.85. The number of nitriles is 1. The Morgan fingerprint density at radius 3 is 2.62 bits per heavy atom. The van der Waals surface area contributed by atoms with Crippen molar-refractivity contribution in [2.45, 2.75) is 5.03 Å². The van der Waals surface area contributed by atoms with Crippen LogP contribution in [0.15, 0.2) is 17.2 Å². The van der Waals surface area contributed by atoms with Gasteiger partial charge in [0.05, 0.1) is 0 Å². The van der Waals surface area contributed by atoms with Crippen molar-refractivity contribution in [3.05, 3.63) is 21.4 Å². The van der Waals surface area contributed by atoms with Crippen molar-refractivity contribution >= 4 is 42.3 Å². The number of rotatable bonds is 1. The van der Waals surface area contributed by atoms with E-state index in [2.05, 4.69) is 4.98 Å². The first-order valence-corrected chi connectivity index (χ1v) is 6.34. The minimum absolute atomic E-state index is 0.0334. The molecule has 0 radical (unpaired) electrons. The molecule has 0 bridgehead atoms. The van der Waals surface area contributed by atoms with E-state index in [0.717, 1.165) is 0 Å². The summed E-state index contributed by atoms with van der Waals surface area (Å²) in [5.74, 6) is 0. The third-order valence-electron chi connectivity index (χ3n) is 1.13. The van der Waals surface area contributed by atoms with E-state index in [1.807, 2.05) is 22.6 Å². The molecule has 0 unspecified atom stereocenters. The van der Waals surface area contributed by atoms with Gasteiger partial charge in [-0.05, 0) is 34.7 Å². The van der Waals surface area contributed by atoms with Gasteiger partial charge >= 0.3 is 0 Å². The Morgan fingerprint density at radius 2 is 2.15 bits per heavy atom. The van der Waals surface area contributed by atoms with Crippen LogP contribution in [-0.4, -0.2) is 13.4 Å². The Labute approximate surface area is 93.1 Å². The molecule has 68 valence electrons. The molecule has 0 fully saturated rings. The number of hydrogen-bond donors (Lipinski definition) is 0. The average Bonchev–Trinajstić information content (AvgIpc) is 2.01. The second-order valence-corrected chi connectivity index (χ2v) is 5.82. The predicted molar refractivity (Wildman–Crippen MR) is 54.7 cm³/mol. The smallest absolute Gasteiger partial charge is 0.224 e. The maximum Gasteiger partial charge on any atom is 0.278 e. The van der Waals surface area contributed by atoms with E-state index in [1.165, 1.54) is 12.1 Å². The van der Waals surface area contributed by atoms with E-state index >= 15 is 0 Å². The molecule has 4 nitrogen and oxygen atoms in total. The van der Waals surface area contributed by atoms with Crippen LogP contribution in [0.3, 0.4) is 0 Å². The van der Waals surface area contributed by atoms with Crippen LogP contribution in [0.5, 0.6) is 0 Å². The van der Waals surface area contributed by atoms with Gasteiger partial charge in [0.15, 0.2) is 5.03 Å². The van der Waals surface area contributed by atoms with Crippen molar-refractivity contribution in [3.63, 3.8) is 0 Å². The van der Waals surface area contributed by atoms with E-state index in [4.69, 9.17) is 15.9 Å². The number of hydrogen-bond acceptors (Lipinski definition) is 4. The van der Waals surface area contributed by atoms with Crippen molar-refractivity contribution in [2.75, 3.05) is 0 Å². The molecule has 0 aliphatic rings. The van der Waals surface area contributed by atoms with Gasteiger partial charge in [-0.1, -0.05) is 0 Å². The summed E-state index contributed by atoms with van der Waals surface area (Å²) >= 11 is 1.88. The molecule has 1 aromatic heterocycles. The highest BCUT2D eigenvalue weighted by molar-refractivity contribution is 14.1. The van der Waals surface area contributed by atoms with Crippen LogP contribution in [0.25, 0.3) is 0 Å². The molecule has 0 N–H and O–H groups in total. The SMILES string of the molecule is N#Cc1cc(I)cc(S(=O)(=O)Cl)n1. The first-order chi connectivity index (χ1) is 5.93. The molecule has 0 saturated carbocycles. The molecule has 0 atom stereocenters. The predicted octanol–water partition coefficient (Wildman–Crippen LogP) is 1.49. The summed E-state index contributed by atoms with van der Waals surface area (Å²) < 4.78 is 22.3. The van der Waals surface area contributed by atoms with Gasteiger partial charge in [-0.25, -0.2) is 13.4 Å². The lowest BCUT2D eigenvalue weighted by Crippen LogP contribution is -1.97. The molecule has 0 aliphatic heterocycles. The number of nitrogens with zero attached hydrogens (tertiary/aromatic N) is 2. The Kier molecular flexibility index (Phi) is 3.10. The Bertz CT molecular complexity index is 480. The third-order valence-corrected chi connectivity index (χ3v) is 2.94. The summed E-state index contributed by atoms with van der Waals surface area (Å²) in [5, 5.41) is 8.20. The normalized spacial score (nSPS) is 10.8. The van der Waals surface area contributed by atoms with Crippen molar-refractivity contribution in [3.8, 4) is 6.07 Å². The van der Waals surface area contributed by atoms with Gasteiger partial charge in [0, 0.05) is 14.3 Å². The van der Waals surface area contributed by atoms with Gasteiger partial charge in [-0.3, -0.25) is 0 Å². The van der Waals surface area contributed by atoms with E-state index in [0.29, 0.717) is 3.57 Å². The number of aromatic nitrogens is 1. The third kappa shape index (κ3) is 2.79. The second-order valence-electron chi connectivity index (χ2n) is 2.06. The van der Waals surface area contributed by atoms with Crippen LogP contribution in [-0.2, 0) is 9.05 Å². The van der Waals surface area contributed by atoms with Gasteiger partial charge in [0.2, 0.25) is 0 Å². The highest BCUT2D eigenvalue weighted by atomic mass is 127. The molecular weight excluding hydrogens is 327 g/mol. The van der Waals surface area contributed by atoms with Gasteiger partial charge in [-0.2, -0.15) is 5.26 Å². The van der Waals surface area contributed by atoms with Crippen LogP contribution in [0.4, 0.5) is 0 Å². The molecule has 1 heterocycles. The fourth-order valence-corrected chi connectivity index (χ4v) is 2.17. The lowest BCUT2D eigenvalue weighted by molar-refractivity contribution is 0.606. The van der Waals surface area contributed by atoms with E-state index in [-0.39, 0.29) is 10.7 Å². The summed E-state index contributed by atoms with van der Waals surface area (Å²) in [6.07, 6.45) is 0. The summed E-state index contributed by atoms with van der Waals surface area (Å²) in [5.41, 5.74) is 0.0334. The Balaban J connectivity index is 3.44. The zero-order valence-corrected chi connectivity index (χ0v) is 9.76. The lowest BCUT2D eigenvalue weighted by Gasteiger charge is -1.96. The Hall–Kier alpha value is -0.390. The van der Waals surface area contributed by atoms with Crippen molar-refractivity contribution in [1.29, 1.82) is 5.26 Å². The van der Waals surface area contributed by atoms with Crippen molar-refractivity contribution < 1.29 is 8.42 Å². The summed E-state index contributed by atoms with van der Waals surface area (Å²) in [6.45, 7) is 0. The van der Waals surface area contributed by atoms with Crippen LogP contribution in [0, 0.1) is 14.9 Å². The van der Waals surface area contributed by atoms with Crippen LogP contribution >= 0.6 is 33.3 Å². The van der Waals surface area contributed by atoms with Gasteiger partial charge < -0.3 is 0 Å². The topological polar surface area (TPSA) is 70.8 Å². The number of halogens is 2. The van der Waals surface area contributed by atoms with Crippen LogP contribution in [0.2, 0.25) is 0 Å². The number of pyridine rings is 1. The standard InChI is InChI=1S/C6H2ClIN2O2S/c7-13(11,12)6-2-4(8)1-5(3-9)10-6/h1-2H. The average molecular weight is 329 g/mol. The van der Waals surface area contributed by atoms with Crippen LogP contribution in [0.1, 0.15) is 5.69 Å². The van der Waals surface area contributed by atoms with Gasteiger partial charge in [0.1, 0.15) is 11.8 Å². The minimum Gasteiger partial charge on any atom is -0.224 e. The molecule has 1 rings (SSSR count). The maximum absolute atomic E-state index is 10.8. The van der Waals surface area contributed by atoms with E-state index in [9.17, 15) is 8.42 Å². The quantitative estimate of drug-likeness (QED) is 0.578. The molecule has 0 spiro atoms. The monoisotopic (exact) mass is 328 g/mol. The summed E-state index contributed by atoms with van der Waals surface area (Å²) in [4.78, 5) is 3.54. The van der Waals surface area contributed by atoms with Gasteiger partial charge in [-0.15, -0.1) is 0 Å². The molecule has 7 heteroatoms. The van der Waals surface area contributed by atoms with Crippen molar-refractivity contribution in [1.82, 2.24) is 4.98 Å². The molecule has 0 aliphatic carbocycles. The molecule has 0 aromatic carbocycles. The maximum atomic E-state index is 10.8. The molecule has 1 aromatic rings. The highest BCUT2D eigenvalue weighted by Gasteiger charge is 2.13. The fourth-order valence-electron chi connectivity index (χ4n) is 0.656. The highest BCUT2D eigenvalue weighted by Crippen LogP contribution is 2.16.